The van der Waals surface area contributed by atoms with Gasteiger partial charge in [0.25, 0.3) is 0 Å². The highest BCUT2D eigenvalue weighted by Gasteiger charge is 2.42. The zero-order valence-corrected chi connectivity index (χ0v) is 32.7. The lowest BCUT2D eigenvalue weighted by Gasteiger charge is -2.38. The number of nitrogens with one attached hydrogen (secondary N) is 2. The fourth-order valence-corrected chi connectivity index (χ4v) is 4.47. The molecule has 2 N–H and O–H groups in total. The molecule has 0 heterocycles. The lowest BCUT2D eigenvalue weighted by atomic mass is 10.1. The summed E-state index contributed by atoms with van der Waals surface area (Å²) in [5.41, 5.74) is -1.78. The molecular weight excluding hydrogens is 687 g/mol. The van der Waals surface area contributed by atoms with Crippen molar-refractivity contribution in [2.45, 2.75) is 120 Å². The van der Waals surface area contributed by atoms with Crippen molar-refractivity contribution >= 4 is 61.2 Å². The Morgan fingerprint density at radius 2 is 1.20 bits per heavy atom. The highest BCUT2D eigenvalue weighted by Crippen LogP contribution is 2.36. The van der Waals surface area contributed by atoms with E-state index in [0.717, 1.165) is 0 Å². The van der Waals surface area contributed by atoms with E-state index < -0.39 is 72.2 Å². The molecule has 0 aromatic carbocycles. The van der Waals surface area contributed by atoms with Crippen LogP contribution in [0.2, 0.25) is 18.1 Å². The maximum absolute atomic E-state index is 13.6. The molecule has 0 fully saturated rings. The van der Waals surface area contributed by atoms with Gasteiger partial charge in [0.1, 0.15) is 49.6 Å². The van der Waals surface area contributed by atoms with Crippen molar-refractivity contribution in [3.8, 4) is 0 Å². The van der Waals surface area contributed by atoms with Gasteiger partial charge in [0.15, 0.2) is 14.4 Å². The van der Waals surface area contributed by atoms with Gasteiger partial charge in [-0.15, -0.1) is 0 Å². The predicted molar refractivity (Wildman–Crippen MR) is 179 cm³/mol. The monoisotopic (exact) mass is 740 g/mol. The molecule has 0 radical (unpaired) electrons. The molecule has 0 unspecified atom stereocenters. The Balaban J connectivity index is 6.56. The highest BCUT2D eigenvalue weighted by atomic mass is 35.6. The summed E-state index contributed by atoms with van der Waals surface area (Å²) in [6.45, 7) is 19.4. The molecule has 4 atom stereocenters. The summed E-state index contributed by atoms with van der Waals surface area (Å²) in [6.07, 6.45) is -3.15. The summed E-state index contributed by atoms with van der Waals surface area (Å²) in [6, 6.07) is -2.60. The van der Waals surface area contributed by atoms with Crippen molar-refractivity contribution in [1.29, 1.82) is 0 Å². The molecule has 0 aromatic rings. The molecule has 17 heteroatoms. The number of halogens is 3. The van der Waals surface area contributed by atoms with E-state index in [1.807, 2.05) is 0 Å². The lowest BCUT2D eigenvalue weighted by Crippen LogP contribution is -2.59. The highest BCUT2D eigenvalue weighted by molar-refractivity contribution is 6.74. The molecule has 0 aliphatic rings. The molecule has 0 bridgehead atoms. The normalized spacial score (nSPS) is 15.8. The molecule has 0 saturated heterocycles. The number of rotatable bonds is 18. The van der Waals surface area contributed by atoms with E-state index in [1.165, 1.54) is 14.2 Å². The van der Waals surface area contributed by atoms with Crippen molar-refractivity contribution in [1.82, 2.24) is 10.6 Å². The van der Waals surface area contributed by atoms with E-state index in [0.29, 0.717) is 0 Å². The van der Waals surface area contributed by atoms with Gasteiger partial charge in [0, 0.05) is 20.8 Å². The van der Waals surface area contributed by atoms with Gasteiger partial charge < -0.3 is 42.9 Å². The van der Waals surface area contributed by atoms with E-state index in [2.05, 4.69) is 44.5 Å². The van der Waals surface area contributed by atoms with Gasteiger partial charge in [-0.2, -0.15) is 0 Å². The second-order valence-electron chi connectivity index (χ2n) is 14.1. The van der Waals surface area contributed by atoms with Gasteiger partial charge in [-0.1, -0.05) is 55.6 Å². The Kier molecular flexibility index (Phi) is 18.9. The molecule has 0 aliphatic carbocycles. The van der Waals surface area contributed by atoms with E-state index in [9.17, 15) is 14.4 Å². The second-order valence-corrected chi connectivity index (χ2v) is 21.4. The summed E-state index contributed by atoms with van der Waals surface area (Å²) in [5, 5.41) is 5.40. The first-order valence-electron chi connectivity index (χ1n) is 14.8. The topological polar surface area (TPSA) is 149 Å². The first kappa shape index (κ1) is 45.1. The number of carbonyl (C=O) groups excluding carboxylic acids is 3. The van der Waals surface area contributed by atoms with Crippen LogP contribution >= 0.6 is 34.8 Å². The standard InChI is InChI=1S/C29H55Cl3N2O11Si/c1-26(2,3)44-23(35)21(20(42-18-39-11)15-43-46(12,13)28(7,8)9)33-14-19(41-17-38-10)22(24(36)45-27(4,5)6)34-25(37)40-16-29(30,31)32/h19-22,33H,14-18H2,1-13H3,(H,34,37)/t19-,20+,21+,22+/m1/s1. The number of carbonyl (C=O) groups is 3. The molecule has 0 rings (SSSR count). The summed E-state index contributed by atoms with van der Waals surface area (Å²) in [7, 11) is 0.549. The average Bonchev–Trinajstić information content (AvgIpc) is 2.85. The van der Waals surface area contributed by atoms with E-state index in [-0.39, 0.29) is 31.8 Å². The molecule has 0 aromatic heterocycles. The molecule has 0 spiro atoms. The van der Waals surface area contributed by atoms with Crippen LogP contribution < -0.4 is 10.6 Å². The minimum atomic E-state index is -2.29. The Bertz CT molecular complexity index is 949. The number of alkyl carbamates (subject to hydrolysis) is 1. The predicted octanol–water partition coefficient (Wildman–Crippen LogP) is 5.09. The maximum Gasteiger partial charge on any atom is 0.408 e. The molecule has 272 valence electrons. The summed E-state index contributed by atoms with van der Waals surface area (Å²) < 4.78 is 42.8. The summed E-state index contributed by atoms with van der Waals surface area (Å²) in [5.74, 6) is -1.51. The average molecular weight is 742 g/mol. The van der Waals surface area contributed by atoms with E-state index >= 15 is 0 Å². The molecule has 0 aliphatic heterocycles. The van der Waals surface area contributed by atoms with Crippen LogP contribution in [0, 0.1) is 0 Å². The van der Waals surface area contributed by atoms with Crippen molar-refractivity contribution in [3.63, 3.8) is 0 Å². The van der Waals surface area contributed by atoms with Crippen LogP contribution in [0.5, 0.6) is 0 Å². The van der Waals surface area contributed by atoms with Gasteiger partial charge in [-0.05, 0) is 59.7 Å². The molecule has 13 nitrogen and oxygen atoms in total. The smallest absolute Gasteiger partial charge is 0.408 e. The second kappa shape index (κ2) is 19.3. The molecular formula is C29H55Cl3N2O11Si. The van der Waals surface area contributed by atoms with E-state index in [1.54, 1.807) is 41.5 Å². The number of alkyl halides is 3. The molecule has 0 saturated carbocycles. The zero-order chi connectivity index (χ0) is 36.1. The van der Waals surface area contributed by atoms with E-state index in [4.69, 9.17) is 72.4 Å². The van der Waals surface area contributed by atoms with Crippen LogP contribution in [0.4, 0.5) is 4.79 Å². The first-order chi connectivity index (χ1) is 20.7. The zero-order valence-electron chi connectivity index (χ0n) is 29.5. The van der Waals surface area contributed by atoms with Crippen LogP contribution in [0.3, 0.4) is 0 Å². The minimum absolute atomic E-state index is 0.0253. The van der Waals surface area contributed by atoms with Gasteiger partial charge in [0.2, 0.25) is 3.79 Å². The largest absolute Gasteiger partial charge is 0.459 e. The van der Waals surface area contributed by atoms with Crippen molar-refractivity contribution in [2.24, 2.45) is 0 Å². The minimum Gasteiger partial charge on any atom is -0.459 e. The number of amides is 1. The van der Waals surface area contributed by atoms with Gasteiger partial charge >= 0.3 is 18.0 Å². The Hall–Kier alpha value is -0.943. The SMILES string of the molecule is COCO[C@@H](CO[Si](C)(C)C(C)(C)C)[C@H](NC[C@@H](OCOC)[C@H](NC(=O)OCC(Cl)(Cl)Cl)C(=O)OC(C)(C)C)C(=O)OC(C)(C)C. The van der Waals surface area contributed by atoms with Crippen LogP contribution in [-0.4, -0.2) is 113 Å². The van der Waals surface area contributed by atoms with Gasteiger partial charge in [-0.3, -0.25) is 10.1 Å². The van der Waals surface area contributed by atoms with Crippen LogP contribution in [-0.2, 0) is 47.2 Å². The number of hydrogen-bond donors (Lipinski definition) is 2. The van der Waals surface area contributed by atoms with Crippen LogP contribution in [0.25, 0.3) is 0 Å². The number of hydrogen-bond acceptors (Lipinski definition) is 12. The third kappa shape index (κ3) is 19.2. The quantitative estimate of drug-likeness (QED) is 0.0634. The Morgan fingerprint density at radius 3 is 1.61 bits per heavy atom. The number of ether oxygens (including phenoxy) is 7. The van der Waals surface area contributed by atoms with Crippen molar-refractivity contribution < 1.29 is 52.0 Å². The third-order valence-corrected chi connectivity index (χ3v) is 11.3. The lowest BCUT2D eigenvalue weighted by molar-refractivity contribution is -0.168. The van der Waals surface area contributed by atoms with Crippen LogP contribution in [0.15, 0.2) is 0 Å². The summed E-state index contributed by atoms with van der Waals surface area (Å²) >= 11 is 17.1. The van der Waals surface area contributed by atoms with Gasteiger partial charge in [-0.25, -0.2) is 9.59 Å². The Labute approximate surface area is 290 Å². The fourth-order valence-electron chi connectivity index (χ4n) is 3.29. The number of methoxy groups -OCH3 is 2. The third-order valence-electron chi connectivity index (χ3n) is 6.46. The Morgan fingerprint density at radius 1 is 0.739 bits per heavy atom. The fraction of sp³-hybridized carbons (Fsp3) is 0.897. The summed E-state index contributed by atoms with van der Waals surface area (Å²) in [4.78, 5) is 39.7. The van der Waals surface area contributed by atoms with Crippen molar-refractivity contribution in [2.75, 3.05) is 47.6 Å². The maximum atomic E-state index is 13.6. The number of esters is 2. The van der Waals surface area contributed by atoms with Gasteiger partial charge in [0.05, 0.1) is 6.61 Å². The van der Waals surface area contributed by atoms with Crippen molar-refractivity contribution in [3.05, 3.63) is 0 Å². The molecule has 46 heavy (non-hydrogen) atoms. The van der Waals surface area contributed by atoms with Crippen LogP contribution in [0.1, 0.15) is 62.3 Å². The first-order valence-corrected chi connectivity index (χ1v) is 18.8. The molecule has 1 amide bonds.